The van der Waals surface area contributed by atoms with Crippen LogP contribution in [0, 0.1) is 0 Å². The smallest absolute Gasteiger partial charge is 0.329 e. The highest BCUT2D eigenvalue weighted by Crippen LogP contribution is 2.31. The van der Waals surface area contributed by atoms with Gasteiger partial charge in [0.05, 0.1) is 6.10 Å². The van der Waals surface area contributed by atoms with Crippen molar-refractivity contribution < 1.29 is 14.6 Å². The second-order valence-electron chi connectivity index (χ2n) is 4.87. The number of ether oxygens (including phenoxy) is 1. The summed E-state index contributed by atoms with van der Waals surface area (Å²) in [6, 6.07) is 0.723. The van der Waals surface area contributed by atoms with Crippen molar-refractivity contribution in [3.05, 3.63) is 0 Å². The molecule has 0 amide bonds. The highest BCUT2D eigenvalue weighted by atomic mass is 32.2. The standard InChI is InChI=1S/C12H21NO3S/c1-9-11(4-7-17-9)13-5-2-10(3-6-13)16-8-12(14)15/h9-11H,2-8H2,1H3,(H,14,15). The largest absolute Gasteiger partial charge is 0.480 e. The number of carboxylic acids is 1. The van der Waals surface area contributed by atoms with Crippen molar-refractivity contribution in [2.75, 3.05) is 25.4 Å². The van der Waals surface area contributed by atoms with E-state index >= 15 is 0 Å². The molecule has 1 N–H and O–H groups in total. The van der Waals surface area contributed by atoms with E-state index in [-0.39, 0.29) is 12.7 Å². The second-order valence-corrected chi connectivity index (χ2v) is 6.36. The molecule has 4 nitrogen and oxygen atoms in total. The second kappa shape index (κ2) is 6.07. The molecule has 0 radical (unpaired) electrons. The fourth-order valence-corrected chi connectivity index (χ4v) is 4.04. The van der Waals surface area contributed by atoms with Gasteiger partial charge >= 0.3 is 5.97 Å². The van der Waals surface area contributed by atoms with Gasteiger partial charge in [0.2, 0.25) is 0 Å². The Morgan fingerprint density at radius 3 is 2.65 bits per heavy atom. The summed E-state index contributed by atoms with van der Waals surface area (Å²) >= 11 is 2.06. The molecule has 2 aliphatic rings. The third-order valence-electron chi connectivity index (χ3n) is 3.72. The Balaban J connectivity index is 1.72. The summed E-state index contributed by atoms with van der Waals surface area (Å²) < 4.78 is 5.35. The van der Waals surface area contributed by atoms with Crippen molar-refractivity contribution in [3.8, 4) is 0 Å². The number of nitrogens with zero attached hydrogens (tertiary/aromatic N) is 1. The normalized spacial score (nSPS) is 31.8. The molecule has 2 fully saturated rings. The molecule has 0 aromatic rings. The van der Waals surface area contributed by atoms with E-state index in [9.17, 15) is 4.79 Å². The van der Waals surface area contributed by atoms with Crippen molar-refractivity contribution in [2.45, 2.75) is 43.6 Å². The first-order valence-electron chi connectivity index (χ1n) is 6.36. The monoisotopic (exact) mass is 259 g/mol. The quantitative estimate of drug-likeness (QED) is 0.828. The van der Waals surface area contributed by atoms with Gasteiger partial charge < -0.3 is 9.84 Å². The molecular formula is C12H21NO3S. The van der Waals surface area contributed by atoms with Crippen molar-refractivity contribution in [3.63, 3.8) is 0 Å². The van der Waals surface area contributed by atoms with Crippen LogP contribution < -0.4 is 0 Å². The summed E-state index contributed by atoms with van der Waals surface area (Å²) in [5.41, 5.74) is 0. The van der Waals surface area contributed by atoms with E-state index < -0.39 is 5.97 Å². The summed E-state index contributed by atoms with van der Waals surface area (Å²) in [5.74, 6) is 0.412. The number of likely N-dealkylation sites (tertiary alicyclic amines) is 1. The number of thioether (sulfide) groups is 1. The predicted octanol–water partition coefficient (Wildman–Crippen LogP) is 1.45. The first-order valence-corrected chi connectivity index (χ1v) is 7.40. The molecule has 0 spiro atoms. The van der Waals surface area contributed by atoms with Gasteiger partial charge in [-0.05, 0) is 25.0 Å². The molecule has 2 unspecified atom stereocenters. The summed E-state index contributed by atoms with van der Waals surface area (Å²) in [4.78, 5) is 13.0. The third-order valence-corrected chi connectivity index (χ3v) is 5.04. The van der Waals surface area contributed by atoms with Gasteiger partial charge in [-0.1, -0.05) is 6.92 Å². The lowest BCUT2D eigenvalue weighted by molar-refractivity contribution is -0.145. The molecule has 2 aliphatic heterocycles. The number of rotatable bonds is 4. The zero-order valence-electron chi connectivity index (χ0n) is 10.3. The van der Waals surface area contributed by atoms with Gasteiger partial charge in [0.25, 0.3) is 0 Å². The van der Waals surface area contributed by atoms with E-state index in [1.807, 2.05) is 0 Å². The molecule has 98 valence electrons. The summed E-state index contributed by atoms with van der Waals surface area (Å²) in [6.45, 7) is 4.27. The van der Waals surface area contributed by atoms with Crippen LogP contribution in [0.3, 0.4) is 0 Å². The number of hydrogen-bond donors (Lipinski definition) is 1. The maximum atomic E-state index is 10.4. The van der Waals surface area contributed by atoms with E-state index in [0.29, 0.717) is 0 Å². The minimum Gasteiger partial charge on any atom is -0.480 e. The predicted molar refractivity (Wildman–Crippen MR) is 68.5 cm³/mol. The number of carbonyl (C=O) groups is 1. The third kappa shape index (κ3) is 3.60. The summed E-state index contributed by atoms with van der Waals surface area (Å²) in [5, 5.41) is 9.31. The number of piperidine rings is 1. The van der Waals surface area contributed by atoms with Crippen LogP contribution >= 0.6 is 11.8 Å². The van der Waals surface area contributed by atoms with Crippen molar-refractivity contribution in [2.24, 2.45) is 0 Å². The Morgan fingerprint density at radius 1 is 1.41 bits per heavy atom. The van der Waals surface area contributed by atoms with Crippen LogP contribution in [0.25, 0.3) is 0 Å². The maximum Gasteiger partial charge on any atom is 0.329 e. The van der Waals surface area contributed by atoms with Gasteiger partial charge in [0.1, 0.15) is 6.61 Å². The molecule has 0 aromatic carbocycles. The van der Waals surface area contributed by atoms with Crippen LogP contribution in [0.1, 0.15) is 26.2 Å². The average molecular weight is 259 g/mol. The highest BCUT2D eigenvalue weighted by molar-refractivity contribution is 8.00. The van der Waals surface area contributed by atoms with Crippen LogP contribution in [0.15, 0.2) is 0 Å². The molecule has 5 heteroatoms. The van der Waals surface area contributed by atoms with Crippen LogP contribution in [-0.2, 0) is 9.53 Å². The minimum absolute atomic E-state index is 0.145. The van der Waals surface area contributed by atoms with E-state index in [2.05, 4.69) is 23.6 Å². The Labute approximate surface area is 107 Å². The Morgan fingerprint density at radius 2 is 2.12 bits per heavy atom. The molecule has 17 heavy (non-hydrogen) atoms. The number of carboxylic acid groups (broad SMARTS) is 1. The van der Waals surface area contributed by atoms with Crippen LogP contribution in [0.5, 0.6) is 0 Å². The lowest BCUT2D eigenvalue weighted by atomic mass is 10.0. The molecule has 2 saturated heterocycles. The summed E-state index contributed by atoms with van der Waals surface area (Å²) in [6.07, 6.45) is 3.39. The van der Waals surface area contributed by atoms with Gasteiger partial charge in [-0.25, -0.2) is 4.79 Å². The van der Waals surface area contributed by atoms with E-state index in [1.165, 1.54) is 12.2 Å². The fraction of sp³-hybridized carbons (Fsp3) is 0.917. The highest BCUT2D eigenvalue weighted by Gasteiger charge is 2.32. The first kappa shape index (κ1) is 13.2. The van der Waals surface area contributed by atoms with E-state index in [0.717, 1.165) is 37.2 Å². The van der Waals surface area contributed by atoms with Crippen molar-refractivity contribution in [1.29, 1.82) is 0 Å². The Hall–Kier alpha value is -0.260. The van der Waals surface area contributed by atoms with Crippen LogP contribution in [0.2, 0.25) is 0 Å². The lowest BCUT2D eigenvalue weighted by Gasteiger charge is -2.37. The molecule has 2 atom stereocenters. The zero-order chi connectivity index (χ0) is 12.3. The molecule has 0 saturated carbocycles. The minimum atomic E-state index is -0.867. The van der Waals surface area contributed by atoms with Gasteiger partial charge in [0, 0.05) is 24.4 Å². The van der Waals surface area contributed by atoms with Crippen molar-refractivity contribution >= 4 is 17.7 Å². The van der Waals surface area contributed by atoms with Gasteiger partial charge in [-0.3, -0.25) is 4.90 Å². The summed E-state index contributed by atoms with van der Waals surface area (Å²) in [7, 11) is 0. The molecule has 0 aliphatic carbocycles. The molecule has 2 rings (SSSR count). The fourth-order valence-electron chi connectivity index (χ4n) is 2.76. The molecule has 0 aromatic heterocycles. The van der Waals surface area contributed by atoms with E-state index in [4.69, 9.17) is 9.84 Å². The zero-order valence-corrected chi connectivity index (χ0v) is 11.1. The van der Waals surface area contributed by atoms with Gasteiger partial charge in [-0.15, -0.1) is 0 Å². The Bertz CT molecular complexity index is 266. The number of aliphatic carboxylic acids is 1. The van der Waals surface area contributed by atoms with Gasteiger partial charge in [0.15, 0.2) is 0 Å². The number of hydrogen-bond acceptors (Lipinski definition) is 4. The molecule has 0 bridgehead atoms. The van der Waals surface area contributed by atoms with Crippen LogP contribution in [0.4, 0.5) is 0 Å². The lowest BCUT2D eigenvalue weighted by Crippen LogP contribution is -2.45. The average Bonchev–Trinajstić information content (AvgIpc) is 2.73. The van der Waals surface area contributed by atoms with Crippen LogP contribution in [-0.4, -0.2) is 58.8 Å². The first-order chi connectivity index (χ1) is 8.16. The molecule has 2 heterocycles. The Kier molecular flexibility index (Phi) is 4.70. The molecular weight excluding hydrogens is 238 g/mol. The van der Waals surface area contributed by atoms with Crippen molar-refractivity contribution in [1.82, 2.24) is 4.90 Å². The van der Waals surface area contributed by atoms with Gasteiger partial charge in [-0.2, -0.15) is 11.8 Å². The SMILES string of the molecule is CC1SCCC1N1CCC(OCC(=O)O)CC1. The van der Waals surface area contributed by atoms with E-state index in [1.54, 1.807) is 0 Å². The maximum absolute atomic E-state index is 10.4. The topological polar surface area (TPSA) is 49.8 Å².